The van der Waals surface area contributed by atoms with E-state index in [0.29, 0.717) is 0 Å². The second-order valence-electron chi connectivity index (χ2n) is 4.93. The first-order valence-corrected chi connectivity index (χ1v) is 6.66. The standard InChI is InChI=1S/C15H18N4/c1-4-5-12-9-16-19(10-12)13-6-7-14-15(8-13)18(3)11(2)17-14/h6-10H,4-5H2,1-3H3. The molecule has 3 aromatic rings. The summed E-state index contributed by atoms with van der Waals surface area (Å²) >= 11 is 0. The summed E-state index contributed by atoms with van der Waals surface area (Å²) in [6.07, 6.45) is 6.27. The lowest BCUT2D eigenvalue weighted by Gasteiger charge is -2.02. The van der Waals surface area contributed by atoms with Crippen molar-refractivity contribution in [3.63, 3.8) is 0 Å². The number of rotatable bonds is 3. The van der Waals surface area contributed by atoms with Crippen LogP contribution in [0.25, 0.3) is 16.7 Å². The predicted molar refractivity (Wildman–Crippen MR) is 76.6 cm³/mol. The highest BCUT2D eigenvalue weighted by Crippen LogP contribution is 2.19. The molecule has 0 fully saturated rings. The Labute approximate surface area is 112 Å². The molecule has 0 unspecified atom stereocenters. The van der Waals surface area contributed by atoms with Gasteiger partial charge in [0.1, 0.15) is 5.82 Å². The molecule has 0 saturated carbocycles. The van der Waals surface area contributed by atoms with Crippen LogP contribution in [0.2, 0.25) is 0 Å². The van der Waals surface area contributed by atoms with Crippen LogP contribution in [0.15, 0.2) is 30.6 Å². The average Bonchev–Trinajstić information content (AvgIpc) is 2.97. The first-order chi connectivity index (χ1) is 9.19. The van der Waals surface area contributed by atoms with Gasteiger partial charge in [0.15, 0.2) is 0 Å². The number of fused-ring (bicyclic) bond motifs is 1. The van der Waals surface area contributed by atoms with Gasteiger partial charge in [0, 0.05) is 13.2 Å². The van der Waals surface area contributed by atoms with Crippen molar-refractivity contribution in [3.05, 3.63) is 42.0 Å². The molecule has 0 aliphatic rings. The van der Waals surface area contributed by atoms with Crippen LogP contribution in [0.3, 0.4) is 0 Å². The third-order valence-corrected chi connectivity index (χ3v) is 3.53. The quantitative estimate of drug-likeness (QED) is 0.720. The van der Waals surface area contributed by atoms with Gasteiger partial charge in [-0.3, -0.25) is 0 Å². The number of benzene rings is 1. The smallest absolute Gasteiger partial charge is 0.106 e. The number of hydrogen-bond donors (Lipinski definition) is 0. The minimum Gasteiger partial charge on any atom is -0.331 e. The number of aromatic nitrogens is 4. The molecule has 4 nitrogen and oxygen atoms in total. The Kier molecular flexibility index (Phi) is 2.85. The van der Waals surface area contributed by atoms with E-state index >= 15 is 0 Å². The van der Waals surface area contributed by atoms with Crippen LogP contribution < -0.4 is 0 Å². The van der Waals surface area contributed by atoms with E-state index < -0.39 is 0 Å². The molecule has 0 atom stereocenters. The van der Waals surface area contributed by atoms with Gasteiger partial charge in [-0.2, -0.15) is 5.10 Å². The fraction of sp³-hybridized carbons (Fsp3) is 0.333. The summed E-state index contributed by atoms with van der Waals surface area (Å²) in [6.45, 7) is 4.20. The van der Waals surface area contributed by atoms with Crippen LogP contribution in [0, 0.1) is 6.92 Å². The molecule has 0 aliphatic heterocycles. The predicted octanol–water partition coefficient (Wildman–Crippen LogP) is 3.02. The monoisotopic (exact) mass is 254 g/mol. The van der Waals surface area contributed by atoms with Crippen LogP contribution in [-0.4, -0.2) is 19.3 Å². The van der Waals surface area contributed by atoms with E-state index in [4.69, 9.17) is 0 Å². The Morgan fingerprint density at radius 3 is 2.89 bits per heavy atom. The average molecular weight is 254 g/mol. The Morgan fingerprint density at radius 2 is 2.11 bits per heavy atom. The molecular weight excluding hydrogens is 236 g/mol. The van der Waals surface area contributed by atoms with Crippen LogP contribution in [0.4, 0.5) is 0 Å². The molecule has 2 heterocycles. The van der Waals surface area contributed by atoms with Crippen LogP contribution in [-0.2, 0) is 13.5 Å². The molecular formula is C15H18N4. The van der Waals surface area contributed by atoms with Gasteiger partial charge < -0.3 is 4.57 Å². The van der Waals surface area contributed by atoms with Crippen molar-refractivity contribution in [2.24, 2.45) is 7.05 Å². The Bertz CT molecular complexity index is 721. The number of nitrogens with zero attached hydrogens (tertiary/aromatic N) is 4. The van der Waals surface area contributed by atoms with Gasteiger partial charge in [-0.25, -0.2) is 9.67 Å². The highest BCUT2D eigenvalue weighted by molar-refractivity contribution is 5.78. The zero-order chi connectivity index (χ0) is 13.4. The number of hydrogen-bond acceptors (Lipinski definition) is 2. The molecule has 1 aromatic carbocycles. The fourth-order valence-corrected chi connectivity index (χ4v) is 2.36. The summed E-state index contributed by atoms with van der Waals surface area (Å²) in [4.78, 5) is 4.52. The van der Waals surface area contributed by atoms with E-state index in [-0.39, 0.29) is 0 Å². The van der Waals surface area contributed by atoms with Crippen LogP contribution >= 0.6 is 0 Å². The minimum absolute atomic E-state index is 1.03. The van der Waals surface area contributed by atoms with Crippen molar-refractivity contribution >= 4 is 11.0 Å². The van der Waals surface area contributed by atoms with Crippen molar-refractivity contribution in [3.8, 4) is 5.69 Å². The fourth-order valence-electron chi connectivity index (χ4n) is 2.36. The maximum atomic E-state index is 4.52. The molecule has 98 valence electrons. The SMILES string of the molecule is CCCc1cnn(-c2ccc3nc(C)n(C)c3c2)c1. The van der Waals surface area contributed by atoms with Gasteiger partial charge in [-0.05, 0) is 37.1 Å². The van der Waals surface area contributed by atoms with Crippen LogP contribution in [0.5, 0.6) is 0 Å². The van der Waals surface area contributed by atoms with Crippen molar-refractivity contribution < 1.29 is 0 Å². The molecule has 2 aromatic heterocycles. The summed E-state index contributed by atoms with van der Waals surface area (Å²) < 4.78 is 4.04. The molecule has 0 amide bonds. The Hall–Kier alpha value is -2.10. The summed E-state index contributed by atoms with van der Waals surface area (Å²) in [6, 6.07) is 6.26. The van der Waals surface area contributed by atoms with Crippen molar-refractivity contribution in [1.29, 1.82) is 0 Å². The van der Waals surface area contributed by atoms with Crippen molar-refractivity contribution in [2.45, 2.75) is 26.7 Å². The number of aryl methyl sites for hydroxylation is 3. The molecule has 0 bridgehead atoms. The summed E-state index contributed by atoms with van der Waals surface area (Å²) in [7, 11) is 2.04. The third kappa shape index (κ3) is 2.03. The van der Waals surface area contributed by atoms with E-state index in [1.165, 1.54) is 5.56 Å². The minimum atomic E-state index is 1.03. The van der Waals surface area contributed by atoms with Gasteiger partial charge in [0.05, 0.1) is 22.9 Å². The van der Waals surface area contributed by atoms with Gasteiger partial charge in [-0.1, -0.05) is 13.3 Å². The zero-order valence-electron chi connectivity index (χ0n) is 11.6. The zero-order valence-corrected chi connectivity index (χ0v) is 11.6. The van der Waals surface area contributed by atoms with E-state index in [0.717, 1.165) is 35.4 Å². The lowest BCUT2D eigenvalue weighted by molar-refractivity contribution is 0.869. The largest absolute Gasteiger partial charge is 0.331 e. The molecule has 19 heavy (non-hydrogen) atoms. The molecule has 0 radical (unpaired) electrons. The highest BCUT2D eigenvalue weighted by atomic mass is 15.3. The molecule has 3 rings (SSSR count). The molecule has 0 saturated heterocycles. The molecule has 4 heteroatoms. The van der Waals surface area contributed by atoms with E-state index in [9.17, 15) is 0 Å². The lowest BCUT2D eigenvalue weighted by Crippen LogP contribution is -1.95. The normalized spacial score (nSPS) is 11.3. The van der Waals surface area contributed by atoms with Crippen molar-refractivity contribution in [2.75, 3.05) is 0 Å². The van der Waals surface area contributed by atoms with Crippen LogP contribution in [0.1, 0.15) is 24.7 Å². The second kappa shape index (κ2) is 4.53. The summed E-state index contributed by atoms with van der Waals surface area (Å²) in [5, 5.41) is 4.44. The van der Waals surface area contributed by atoms with E-state index in [1.807, 2.05) is 24.9 Å². The third-order valence-electron chi connectivity index (χ3n) is 3.53. The maximum absolute atomic E-state index is 4.52. The van der Waals surface area contributed by atoms with Crippen molar-refractivity contribution in [1.82, 2.24) is 19.3 Å². The van der Waals surface area contributed by atoms with E-state index in [2.05, 4.69) is 46.0 Å². The summed E-state index contributed by atoms with van der Waals surface area (Å²) in [5.74, 6) is 1.03. The highest BCUT2D eigenvalue weighted by Gasteiger charge is 2.06. The maximum Gasteiger partial charge on any atom is 0.106 e. The first kappa shape index (κ1) is 12.0. The van der Waals surface area contributed by atoms with Gasteiger partial charge in [0.2, 0.25) is 0 Å². The molecule has 0 aliphatic carbocycles. The Balaban J connectivity index is 2.06. The second-order valence-corrected chi connectivity index (χ2v) is 4.93. The lowest BCUT2D eigenvalue weighted by atomic mass is 10.2. The number of imidazole rings is 1. The Morgan fingerprint density at radius 1 is 1.26 bits per heavy atom. The molecule has 0 spiro atoms. The first-order valence-electron chi connectivity index (χ1n) is 6.66. The molecule has 0 N–H and O–H groups in total. The van der Waals surface area contributed by atoms with E-state index in [1.54, 1.807) is 0 Å². The van der Waals surface area contributed by atoms with Gasteiger partial charge in [-0.15, -0.1) is 0 Å². The summed E-state index contributed by atoms with van der Waals surface area (Å²) in [5.41, 5.74) is 4.54. The van der Waals surface area contributed by atoms with Gasteiger partial charge >= 0.3 is 0 Å². The van der Waals surface area contributed by atoms with Gasteiger partial charge in [0.25, 0.3) is 0 Å². The topological polar surface area (TPSA) is 35.6 Å².